The van der Waals surface area contributed by atoms with E-state index in [1.165, 1.54) is 30.8 Å². The Morgan fingerprint density at radius 1 is 1.26 bits per heavy atom. The summed E-state index contributed by atoms with van der Waals surface area (Å²) in [6.45, 7) is 3.19. The highest BCUT2D eigenvalue weighted by Gasteiger charge is 2.24. The zero-order chi connectivity index (χ0) is 16.1. The third-order valence-electron chi connectivity index (χ3n) is 3.99. The summed E-state index contributed by atoms with van der Waals surface area (Å²) in [5.74, 6) is 0. The first kappa shape index (κ1) is 16.9. The molecule has 0 radical (unpaired) electrons. The van der Waals surface area contributed by atoms with Crippen LogP contribution in [-0.4, -0.2) is 29.6 Å². The Morgan fingerprint density at radius 3 is 2.78 bits per heavy atom. The van der Waals surface area contributed by atoms with Crippen LogP contribution in [0.25, 0.3) is 0 Å². The van der Waals surface area contributed by atoms with E-state index in [-0.39, 0.29) is 0 Å². The number of halogens is 1. The second-order valence-corrected chi connectivity index (χ2v) is 7.92. The minimum absolute atomic E-state index is 0.403. The minimum Gasteiger partial charge on any atom is -0.360 e. The molecule has 1 fully saturated rings. The molecule has 0 unspecified atom stereocenters. The van der Waals surface area contributed by atoms with E-state index in [9.17, 15) is 0 Å². The molecule has 0 spiro atoms. The van der Waals surface area contributed by atoms with Crippen molar-refractivity contribution in [3.63, 3.8) is 0 Å². The van der Waals surface area contributed by atoms with Crippen molar-refractivity contribution in [2.24, 2.45) is 0 Å². The molecule has 2 heterocycles. The van der Waals surface area contributed by atoms with E-state index in [0.29, 0.717) is 11.2 Å². The normalized spacial score (nSPS) is 16.2. The maximum Gasteiger partial charge on any atom is 0.170 e. The van der Waals surface area contributed by atoms with Crippen LogP contribution in [0.15, 0.2) is 46.3 Å². The van der Waals surface area contributed by atoms with Gasteiger partial charge in [0.2, 0.25) is 0 Å². The van der Waals surface area contributed by atoms with E-state index >= 15 is 0 Å². The Kier molecular flexibility index (Phi) is 6.05. The molecular formula is C17H20BrN3S2. The molecule has 0 amide bonds. The fraction of sp³-hybridized carbons (Fsp3) is 0.353. The van der Waals surface area contributed by atoms with E-state index in [2.05, 4.69) is 49.0 Å². The third-order valence-corrected chi connectivity index (χ3v) is 5.70. The zero-order valence-corrected chi connectivity index (χ0v) is 16.0. The van der Waals surface area contributed by atoms with E-state index in [0.717, 1.165) is 16.7 Å². The molecule has 1 aromatic heterocycles. The van der Waals surface area contributed by atoms with Gasteiger partial charge in [0.15, 0.2) is 5.11 Å². The molecule has 0 saturated carbocycles. The predicted octanol–water partition coefficient (Wildman–Crippen LogP) is 4.63. The van der Waals surface area contributed by atoms with Crippen LogP contribution < -0.4 is 10.6 Å². The predicted molar refractivity (Wildman–Crippen MR) is 106 cm³/mol. The molecule has 1 aliphatic heterocycles. The van der Waals surface area contributed by atoms with Crippen LogP contribution in [0.2, 0.25) is 0 Å². The number of nitrogens with one attached hydrogen (secondary N) is 2. The van der Waals surface area contributed by atoms with Crippen molar-refractivity contribution in [2.45, 2.75) is 18.9 Å². The first-order chi connectivity index (χ1) is 11.2. The molecule has 122 valence electrons. The summed E-state index contributed by atoms with van der Waals surface area (Å²) in [5, 5.41) is 9.45. The van der Waals surface area contributed by atoms with Gasteiger partial charge in [-0.15, -0.1) is 11.3 Å². The first-order valence-electron chi connectivity index (χ1n) is 7.80. The topological polar surface area (TPSA) is 27.3 Å². The van der Waals surface area contributed by atoms with Gasteiger partial charge in [0.25, 0.3) is 0 Å². The average Bonchev–Trinajstić information content (AvgIpc) is 3.21. The SMILES string of the molecule is S=C(NC[C@H](c1cccs1)N1CCCC1)Nc1cccc(Br)c1. The first-order valence-corrected chi connectivity index (χ1v) is 9.88. The van der Waals surface area contributed by atoms with Gasteiger partial charge in [-0.1, -0.05) is 28.1 Å². The fourth-order valence-corrected chi connectivity index (χ4v) is 4.34. The average molecular weight is 410 g/mol. The number of rotatable bonds is 5. The number of thiocarbonyl (C=S) groups is 1. The summed E-state index contributed by atoms with van der Waals surface area (Å²) >= 11 is 10.7. The molecule has 1 atom stereocenters. The molecule has 2 aromatic rings. The van der Waals surface area contributed by atoms with Crippen LogP contribution in [0, 0.1) is 0 Å². The van der Waals surface area contributed by atoms with Crippen LogP contribution in [-0.2, 0) is 0 Å². The molecule has 1 aliphatic rings. The van der Waals surface area contributed by atoms with Gasteiger partial charge in [-0.2, -0.15) is 0 Å². The largest absolute Gasteiger partial charge is 0.360 e. The molecule has 3 nitrogen and oxygen atoms in total. The molecule has 0 bridgehead atoms. The van der Waals surface area contributed by atoms with Crippen LogP contribution >= 0.6 is 39.5 Å². The number of thiophene rings is 1. The van der Waals surface area contributed by atoms with E-state index < -0.39 is 0 Å². The molecule has 6 heteroatoms. The van der Waals surface area contributed by atoms with Crippen LogP contribution in [0.5, 0.6) is 0 Å². The number of anilines is 1. The molecule has 2 N–H and O–H groups in total. The van der Waals surface area contributed by atoms with Crippen molar-refractivity contribution in [1.29, 1.82) is 0 Å². The maximum absolute atomic E-state index is 5.45. The van der Waals surface area contributed by atoms with Gasteiger partial charge in [-0.05, 0) is 67.8 Å². The summed E-state index contributed by atoms with van der Waals surface area (Å²) in [4.78, 5) is 3.96. The van der Waals surface area contributed by atoms with Crippen molar-refractivity contribution in [2.75, 3.05) is 25.0 Å². The second kappa shape index (κ2) is 8.24. The summed E-state index contributed by atoms with van der Waals surface area (Å²) in [6.07, 6.45) is 2.59. The molecule has 1 saturated heterocycles. The van der Waals surface area contributed by atoms with Crippen molar-refractivity contribution in [3.05, 3.63) is 51.1 Å². The van der Waals surface area contributed by atoms with E-state index in [4.69, 9.17) is 12.2 Å². The van der Waals surface area contributed by atoms with Crippen LogP contribution in [0.4, 0.5) is 5.69 Å². The van der Waals surface area contributed by atoms with Gasteiger partial charge >= 0.3 is 0 Å². The Morgan fingerprint density at radius 2 is 2.09 bits per heavy atom. The number of likely N-dealkylation sites (tertiary alicyclic amines) is 1. The summed E-state index contributed by atoms with van der Waals surface area (Å²) in [6, 6.07) is 12.8. The Bertz CT molecular complexity index is 639. The van der Waals surface area contributed by atoms with Gasteiger partial charge in [-0.25, -0.2) is 0 Å². The van der Waals surface area contributed by atoms with Crippen LogP contribution in [0.1, 0.15) is 23.8 Å². The zero-order valence-electron chi connectivity index (χ0n) is 12.8. The number of hydrogen-bond acceptors (Lipinski definition) is 3. The lowest BCUT2D eigenvalue weighted by Crippen LogP contribution is -2.38. The standard InChI is InChI=1S/C17H20BrN3S2/c18-13-5-3-6-14(11-13)20-17(22)19-12-15(16-7-4-10-23-16)21-8-1-2-9-21/h3-7,10-11,15H,1-2,8-9,12H2,(H2,19,20,22)/t15-/m1/s1. The van der Waals surface area contributed by atoms with Gasteiger partial charge in [0, 0.05) is 21.6 Å². The van der Waals surface area contributed by atoms with Crippen LogP contribution in [0.3, 0.4) is 0 Å². The van der Waals surface area contributed by atoms with Gasteiger partial charge < -0.3 is 10.6 Å². The van der Waals surface area contributed by atoms with Crippen molar-refractivity contribution in [1.82, 2.24) is 10.2 Å². The quantitative estimate of drug-likeness (QED) is 0.703. The van der Waals surface area contributed by atoms with Crippen molar-refractivity contribution >= 4 is 50.3 Å². The van der Waals surface area contributed by atoms with Gasteiger partial charge in [0.05, 0.1) is 6.04 Å². The lowest BCUT2D eigenvalue weighted by atomic mass is 10.2. The highest BCUT2D eigenvalue weighted by molar-refractivity contribution is 9.10. The fourth-order valence-electron chi connectivity index (χ4n) is 2.87. The molecule has 3 rings (SSSR count). The minimum atomic E-state index is 0.403. The highest BCUT2D eigenvalue weighted by atomic mass is 79.9. The van der Waals surface area contributed by atoms with Gasteiger partial charge in [0.1, 0.15) is 0 Å². The summed E-state index contributed by atoms with van der Waals surface area (Å²) in [7, 11) is 0. The van der Waals surface area contributed by atoms with Crippen molar-refractivity contribution in [3.8, 4) is 0 Å². The Hall–Kier alpha value is -0.950. The molecule has 1 aromatic carbocycles. The monoisotopic (exact) mass is 409 g/mol. The highest BCUT2D eigenvalue weighted by Crippen LogP contribution is 2.27. The van der Waals surface area contributed by atoms with Gasteiger partial charge in [-0.3, -0.25) is 4.90 Å². The number of hydrogen-bond donors (Lipinski definition) is 2. The molecular weight excluding hydrogens is 390 g/mol. The second-order valence-electron chi connectivity index (χ2n) is 5.62. The summed E-state index contributed by atoms with van der Waals surface area (Å²) < 4.78 is 1.04. The third kappa shape index (κ3) is 4.76. The Labute approximate surface area is 155 Å². The molecule has 23 heavy (non-hydrogen) atoms. The lowest BCUT2D eigenvalue weighted by molar-refractivity contribution is 0.249. The molecule has 0 aliphatic carbocycles. The lowest BCUT2D eigenvalue weighted by Gasteiger charge is -2.27. The number of nitrogens with zero attached hydrogens (tertiary/aromatic N) is 1. The summed E-state index contributed by atoms with van der Waals surface area (Å²) in [5.41, 5.74) is 0.991. The smallest absolute Gasteiger partial charge is 0.170 e. The van der Waals surface area contributed by atoms with E-state index in [1.54, 1.807) is 0 Å². The van der Waals surface area contributed by atoms with E-state index in [1.807, 2.05) is 35.6 Å². The number of benzene rings is 1. The van der Waals surface area contributed by atoms with Crippen molar-refractivity contribution < 1.29 is 0 Å². The Balaban J connectivity index is 1.59. The maximum atomic E-state index is 5.45.